The van der Waals surface area contributed by atoms with Crippen LogP contribution >= 0.6 is 0 Å². The molecular weight excluding hydrogens is 308 g/mol. The highest BCUT2D eigenvalue weighted by Crippen LogP contribution is 2.19. The van der Waals surface area contributed by atoms with Gasteiger partial charge < -0.3 is 10.2 Å². The molecule has 1 saturated heterocycles. The van der Waals surface area contributed by atoms with E-state index in [9.17, 15) is 9.59 Å². The summed E-state index contributed by atoms with van der Waals surface area (Å²) in [5.74, 6) is -0.346. The molecule has 2 aromatic heterocycles. The summed E-state index contributed by atoms with van der Waals surface area (Å²) in [5.41, 5.74) is 0.833. The van der Waals surface area contributed by atoms with Gasteiger partial charge in [0.05, 0.1) is 18.2 Å². The second-order valence-electron chi connectivity index (χ2n) is 5.80. The molecule has 3 rings (SSSR count). The van der Waals surface area contributed by atoms with Crippen LogP contribution in [0.4, 0.5) is 0 Å². The van der Waals surface area contributed by atoms with Gasteiger partial charge in [-0.3, -0.25) is 19.3 Å². The lowest BCUT2D eigenvalue weighted by molar-refractivity contribution is -0.129. The number of pyridine rings is 1. The molecule has 2 amide bonds. The zero-order chi connectivity index (χ0) is 16.8. The fourth-order valence-electron chi connectivity index (χ4n) is 2.73. The lowest BCUT2D eigenvalue weighted by Gasteiger charge is -2.16. The number of hydrogen-bond donors (Lipinski definition) is 1. The normalized spacial score (nSPS) is 17.2. The van der Waals surface area contributed by atoms with Crippen LogP contribution in [0.5, 0.6) is 0 Å². The Bertz CT molecular complexity index is 673. The number of nitrogens with one attached hydrogen (secondary N) is 1. The number of rotatable bonds is 7. The molecule has 2 aromatic rings. The maximum atomic E-state index is 12.2. The molecule has 126 valence electrons. The van der Waals surface area contributed by atoms with Crippen molar-refractivity contribution in [3.05, 3.63) is 42.7 Å². The van der Waals surface area contributed by atoms with Crippen molar-refractivity contribution in [2.24, 2.45) is 5.92 Å². The van der Waals surface area contributed by atoms with E-state index in [1.807, 2.05) is 18.2 Å². The summed E-state index contributed by atoms with van der Waals surface area (Å²) < 4.78 is 1.72. The zero-order valence-electron chi connectivity index (χ0n) is 13.3. The first kappa shape index (κ1) is 16.1. The van der Waals surface area contributed by atoms with Crippen LogP contribution in [-0.4, -0.2) is 49.6 Å². The molecule has 8 heteroatoms. The molecule has 8 nitrogen and oxygen atoms in total. The Kier molecular flexibility index (Phi) is 5.15. The molecule has 3 heterocycles. The van der Waals surface area contributed by atoms with Crippen molar-refractivity contribution in [2.45, 2.75) is 25.9 Å². The Labute approximate surface area is 139 Å². The van der Waals surface area contributed by atoms with Crippen LogP contribution in [0.1, 0.15) is 18.5 Å². The third kappa shape index (κ3) is 4.15. The van der Waals surface area contributed by atoms with Crippen LogP contribution < -0.4 is 5.32 Å². The molecule has 24 heavy (non-hydrogen) atoms. The molecule has 0 radical (unpaired) electrons. The maximum Gasteiger partial charge on any atom is 0.225 e. The standard InChI is InChI=1S/C16H20N6O2/c23-15-8-13(9-21(15)10-14-4-1-2-5-18-14)16(24)19-6-3-7-22-12-17-11-20-22/h1-2,4-5,11-13H,3,6-10H2,(H,19,24)/t13-/m1/s1. The number of carbonyl (C=O) groups is 2. The molecule has 0 aromatic carbocycles. The van der Waals surface area contributed by atoms with Crippen molar-refractivity contribution in [3.63, 3.8) is 0 Å². The number of nitrogens with zero attached hydrogens (tertiary/aromatic N) is 5. The highest BCUT2D eigenvalue weighted by molar-refractivity contribution is 5.89. The van der Waals surface area contributed by atoms with E-state index in [0.717, 1.165) is 12.1 Å². The van der Waals surface area contributed by atoms with Gasteiger partial charge in [-0.15, -0.1) is 0 Å². The molecule has 1 atom stereocenters. The number of aromatic nitrogens is 4. The molecule has 1 aliphatic heterocycles. The minimum atomic E-state index is -0.285. The minimum Gasteiger partial charge on any atom is -0.356 e. The monoisotopic (exact) mass is 328 g/mol. The molecule has 1 fully saturated rings. The van der Waals surface area contributed by atoms with Crippen molar-refractivity contribution in [1.29, 1.82) is 0 Å². The summed E-state index contributed by atoms with van der Waals surface area (Å²) >= 11 is 0. The number of likely N-dealkylation sites (tertiary alicyclic amines) is 1. The lowest BCUT2D eigenvalue weighted by Crippen LogP contribution is -2.33. The van der Waals surface area contributed by atoms with Crippen LogP contribution in [0.3, 0.4) is 0 Å². The van der Waals surface area contributed by atoms with Gasteiger partial charge >= 0.3 is 0 Å². The average Bonchev–Trinajstić information content (AvgIpc) is 3.23. The Balaban J connectivity index is 1.42. The number of hydrogen-bond acceptors (Lipinski definition) is 5. The summed E-state index contributed by atoms with van der Waals surface area (Å²) in [7, 11) is 0. The summed E-state index contributed by atoms with van der Waals surface area (Å²) in [4.78, 5) is 34.1. The Morgan fingerprint density at radius 3 is 3.04 bits per heavy atom. The van der Waals surface area contributed by atoms with Gasteiger partial charge in [-0.25, -0.2) is 4.98 Å². The van der Waals surface area contributed by atoms with Crippen molar-refractivity contribution >= 4 is 11.8 Å². The molecule has 1 N–H and O–H groups in total. The van der Waals surface area contributed by atoms with Crippen LogP contribution in [0.15, 0.2) is 37.1 Å². The quantitative estimate of drug-likeness (QED) is 0.734. The fourth-order valence-corrected chi connectivity index (χ4v) is 2.73. The van der Waals surface area contributed by atoms with Crippen LogP contribution in [-0.2, 0) is 22.7 Å². The highest BCUT2D eigenvalue weighted by atomic mass is 16.2. The predicted octanol–water partition coefficient (Wildman–Crippen LogP) is 0.228. The van der Waals surface area contributed by atoms with Gasteiger partial charge in [0, 0.05) is 32.3 Å². The molecule has 0 aliphatic carbocycles. The molecule has 1 aliphatic rings. The maximum absolute atomic E-state index is 12.2. The molecule has 0 saturated carbocycles. The van der Waals surface area contributed by atoms with Gasteiger partial charge in [0.1, 0.15) is 12.7 Å². The van der Waals surface area contributed by atoms with Crippen LogP contribution in [0.2, 0.25) is 0 Å². The van der Waals surface area contributed by atoms with E-state index in [0.29, 0.717) is 26.2 Å². The summed E-state index contributed by atoms with van der Waals surface area (Å²) in [5, 5.41) is 6.90. The molecule has 0 spiro atoms. The topological polar surface area (TPSA) is 93.0 Å². The summed E-state index contributed by atoms with van der Waals surface area (Å²) in [6, 6.07) is 5.61. The van der Waals surface area contributed by atoms with Crippen LogP contribution in [0, 0.1) is 5.92 Å². The van der Waals surface area contributed by atoms with Gasteiger partial charge in [-0.05, 0) is 18.6 Å². The van der Waals surface area contributed by atoms with Crippen molar-refractivity contribution in [1.82, 2.24) is 30.0 Å². The van der Waals surface area contributed by atoms with Crippen molar-refractivity contribution in [3.8, 4) is 0 Å². The Hall–Kier alpha value is -2.77. The Morgan fingerprint density at radius 1 is 1.38 bits per heavy atom. The first-order valence-corrected chi connectivity index (χ1v) is 8.00. The number of aryl methyl sites for hydroxylation is 1. The van der Waals surface area contributed by atoms with Crippen LogP contribution in [0.25, 0.3) is 0 Å². The molecule has 0 bridgehead atoms. The van der Waals surface area contributed by atoms with Gasteiger partial charge in [-0.1, -0.05) is 6.07 Å². The van der Waals surface area contributed by atoms with Gasteiger partial charge in [0.2, 0.25) is 11.8 Å². The first-order chi connectivity index (χ1) is 11.7. The second kappa shape index (κ2) is 7.67. The van der Waals surface area contributed by atoms with E-state index >= 15 is 0 Å². The van der Waals surface area contributed by atoms with E-state index < -0.39 is 0 Å². The predicted molar refractivity (Wildman–Crippen MR) is 85.4 cm³/mol. The first-order valence-electron chi connectivity index (χ1n) is 8.00. The minimum absolute atomic E-state index is 0.00317. The van der Waals surface area contributed by atoms with Crippen molar-refractivity contribution < 1.29 is 9.59 Å². The second-order valence-corrected chi connectivity index (χ2v) is 5.80. The smallest absolute Gasteiger partial charge is 0.225 e. The Morgan fingerprint density at radius 2 is 2.29 bits per heavy atom. The third-order valence-electron chi connectivity index (χ3n) is 3.99. The van der Waals surface area contributed by atoms with E-state index in [1.54, 1.807) is 22.1 Å². The van der Waals surface area contributed by atoms with Gasteiger partial charge in [-0.2, -0.15) is 5.10 Å². The van der Waals surface area contributed by atoms with E-state index in [-0.39, 0.29) is 24.2 Å². The van der Waals surface area contributed by atoms with E-state index in [1.165, 1.54) is 6.33 Å². The SMILES string of the molecule is O=C(NCCCn1cncn1)[C@@H]1CC(=O)N(Cc2ccccn2)C1. The molecule has 0 unspecified atom stereocenters. The van der Waals surface area contributed by atoms with E-state index in [4.69, 9.17) is 0 Å². The third-order valence-corrected chi connectivity index (χ3v) is 3.99. The van der Waals surface area contributed by atoms with E-state index in [2.05, 4.69) is 20.4 Å². The van der Waals surface area contributed by atoms with Crippen molar-refractivity contribution in [2.75, 3.05) is 13.1 Å². The lowest BCUT2D eigenvalue weighted by atomic mass is 10.1. The summed E-state index contributed by atoms with van der Waals surface area (Å²) in [6.07, 6.45) is 5.87. The average molecular weight is 328 g/mol. The number of amides is 2. The summed E-state index contributed by atoms with van der Waals surface area (Å²) in [6.45, 7) is 2.17. The molecular formula is C16H20N6O2. The fraction of sp³-hybridized carbons (Fsp3) is 0.438. The number of carbonyl (C=O) groups excluding carboxylic acids is 2. The van der Waals surface area contributed by atoms with Gasteiger partial charge in [0.25, 0.3) is 0 Å². The largest absolute Gasteiger partial charge is 0.356 e. The zero-order valence-corrected chi connectivity index (χ0v) is 13.3. The highest BCUT2D eigenvalue weighted by Gasteiger charge is 2.34. The van der Waals surface area contributed by atoms with Gasteiger partial charge in [0.15, 0.2) is 0 Å².